The lowest BCUT2D eigenvalue weighted by atomic mass is 10.1. The van der Waals surface area contributed by atoms with E-state index in [1.807, 2.05) is 12.1 Å². The predicted molar refractivity (Wildman–Crippen MR) is 77.4 cm³/mol. The number of carboxylic acid groups (broad SMARTS) is 1. The number of hydrogen-bond acceptors (Lipinski definition) is 3. The van der Waals surface area contributed by atoms with Crippen molar-refractivity contribution in [2.24, 2.45) is 0 Å². The first-order valence-corrected chi connectivity index (χ1v) is 6.52. The van der Waals surface area contributed by atoms with E-state index < -0.39 is 5.97 Å². The quantitative estimate of drug-likeness (QED) is 0.843. The first kappa shape index (κ1) is 13.6. The van der Waals surface area contributed by atoms with Gasteiger partial charge in [-0.3, -0.25) is 0 Å². The average molecular weight is 260 g/mol. The number of benzene rings is 1. The van der Waals surface area contributed by atoms with Crippen molar-refractivity contribution < 1.29 is 9.90 Å². The van der Waals surface area contributed by atoms with Crippen LogP contribution in [0.5, 0.6) is 0 Å². The van der Waals surface area contributed by atoms with Gasteiger partial charge in [-0.2, -0.15) is 0 Å². The highest BCUT2D eigenvalue weighted by molar-refractivity contribution is 5.85. The molecule has 1 heterocycles. The summed E-state index contributed by atoms with van der Waals surface area (Å²) in [6.45, 7) is 5.37. The normalized spacial score (nSPS) is 20.9. The summed E-state index contributed by atoms with van der Waals surface area (Å²) < 4.78 is 0. The Morgan fingerprint density at radius 2 is 2.00 bits per heavy atom. The summed E-state index contributed by atoms with van der Waals surface area (Å²) in [6.07, 6.45) is 2.77. The van der Waals surface area contributed by atoms with Crippen molar-refractivity contribution in [2.45, 2.75) is 13.0 Å². The number of nitrogens with zero attached hydrogens (tertiary/aromatic N) is 2. The minimum Gasteiger partial charge on any atom is -0.478 e. The van der Waals surface area contributed by atoms with Crippen LogP contribution < -0.4 is 4.90 Å². The fraction of sp³-hybridized carbons (Fsp3) is 0.400. The molecule has 102 valence electrons. The third-order valence-corrected chi connectivity index (χ3v) is 3.64. The highest BCUT2D eigenvalue weighted by Gasteiger charge is 2.20. The van der Waals surface area contributed by atoms with Gasteiger partial charge in [-0.05, 0) is 37.7 Å². The van der Waals surface area contributed by atoms with Crippen molar-refractivity contribution in [1.82, 2.24) is 4.90 Å². The molecule has 4 nitrogen and oxygen atoms in total. The van der Waals surface area contributed by atoms with Crippen molar-refractivity contribution in [2.75, 3.05) is 31.6 Å². The predicted octanol–water partition coefficient (Wildman–Crippen LogP) is 1.92. The highest BCUT2D eigenvalue weighted by Crippen LogP contribution is 2.19. The van der Waals surface area contributed by atoms with Gasteiger partial charge in [-0.15, -0.1) is 0 Å². The largest absolute Gasteiger partial charge is 0.478 e. The van der Waals surface area contributed by atoms with Crippen molar-refractivity contribution in [3.05, 3.63) is 35.9 Å². The number of piperazine rings is 1. The van der Waals surface area contributed by atoms with Crippen LogP contribution in [0.3, 0.4) is 0 Å². The molecule has 1 saturated heterocycles. The number of carboxylic acids is 1. The van der Waals surface area contributed by atoms with Gasteiger partial charge in [0, 0.05) is 37.4 Å². The van der Waals surface area contributed by atoms with Crippen LogP contribution in [-0.4, -0.2) is 48.7 Å². The molecule has 2 rings (SSSR count). The molecule has 4 heteroatoms. The van der Waals surface area contributed by atoms with E-state index in [4.69, 9.17) is 5.11 Å². The molecule has 0 aromatic heterocycles. The van der Waals surface area contributed by atoms with Crippen LogP contribution in [-0.2, 0) is 4.79 Å². The van der Waals surface area contributed by atoms with Crippen LogP contribution in [0.2, 0.25) is 0 Å². The Hall–Kier alpha value is -1.81. The Bertz CT molecular complexity index is 468. The van der Waals surface area contributed by atoms with Gasteiger partial charge in [0.25, 0.3) is 0 Å². The van der Waals surface area contributed by atoms with Gasteiger partial charge in [0.15, 0.2) is 0 Å². The standard InChI is InChI=1S/C15H20N2O2/c1-12-11-17(10-9-16(12)2)14-6-3-13(4-7-14)5-8-15(18)19/h3-8,12H,9-11H2,1-2H3,(H,18,19). The van der Waals surface area contributed by atoms with E-state index in [0.717, 1.165) is 31.3 Å². The first-order valence-electron chi connectivity index (χ1n) is 6.52. The monoisotopic (exact) mass is 260 g/mol. The smallest absolute Gasteiger partial charge is 0.328 e. The van der Waals surface area contributed by atoms with Crippen LogP contribution in [0.15, 0.2) is 30.3 Å². The van der Waals surface area contributed by atoms with Crippen LogP contribution >= 0.6 is 0 Å². The lowest BCUT2D eigenvalue weighted by molar-refractivity contribution is -0.131. The van der Waals surface area contributed by atoms with Crippen LogP contribution in [0, 0.1) is 0 Å². The number of likely N-dealkylation sites (N-methyl/N-ethyl adjacent to an activating group) is 1. The van der Waals surface area contributed by atoms with E-state index in [-0.39, 0.29) is 0 Å². The molecule has 1 aromatic rings. The Morgan fingerprint density at radius 3 is 2.58 bits per heavy atom. The van der Waals surface area contributed by atoms with Gasteiger partial charge >= 0.3 is 5.97 Å². The van der Waals surface area contributed by atoms with Crippen molar-refractivity contribution in [3.63, 3.8) is 0 Å². The lowest BCUT2D eigenvalue weighted by Crippen LogP contribution is -2.50. The molecule has 0 radical (unpaired) electrons. The number of rotatable bonds is 3. The second-order valence-electron chi connectivity index (χ2n) is 5.04. The molecule has 0 saturated carbocycles. The minimum absolute atomic E-state index is 0.556. The molecule has 1 unspecified atom stereocenters. The second kappa shape index (κ2) is 5.89. The number of carbonyl (C=O) groups is 1. The molecule has 0 amide bonds. The van der Waals surface area contributed by atoms with Gasteiger partial charge in [-0.25, -0.2) is 4.79 Å². The fourth-order valence-corrected chi connectivity index (χ4v) is 2.25. The van der Waals surface area contributed by atoms with Gasteiger partial charge in [0.2, 0.25) is 0 Å². The summed E-state index contributed by atoms with van der Waals surface area (Å²) in [5.41, 5.74) is 2.11. The van der Waals surface area contributed by atoms with Crippen LogP contribution in [0.1, 0.15) is 12.5 Å². The van der Waals surface area contributed by atoms with E-state index in [0.29, 0.717) is 6.04 Å². The number of aliphatic carboxylic acids is 1. The lowest BCUT2D eigenvalue weighted by Gasteiger charge is -2.39. The third-order valence-electron chi connectivity index (χ3n) is 3.64. The first-order chi connectivity index (χ1) is 9.06. The zero-order chi connectivity index (χ0) is 13.8. The van der Waals surface area contributed by atoms with E-state index >= 15 is 0 Å². The molecule has 1 atom stereocenters. The Morgan fingerprint density at radius 1 is 1.32 bits per heavy atom. The highest BCUT2D eigenvalue weighted by atomic mass is 16.4. The Balaban J connectivity index is 2.04. The summed E-state index contributed by atoms with van der Waals surface area (Å²) in [6, 6.07) is 8.58. The Labute approximate surface area is 113 Å². The molecule has 0 bridgehead atoms. The van der Waals surface area contributed by atoms with E-state index in [1.54, 1.807) is 6.08 Å². The molecule has 0 spiro atoms. The van der Waals surface area contributed by atoms with Crippen molar-refractivity contribution in [3.8, 4) is 0 Å². The maximum atomic E-state index is 10.5. The minimum atomic E-state index is -0.919. The molecule has 1 fully saturated rings. The van der Waals surface area contributed by atoms with E-state index in [9.17, 15) is 4.79 Å². The van der Waals surface area contributed by atoms with Crippen LogP contribution in [0.4, 0.5) is 5.69 Å². The SMILES string of the molecule is CC1CN(c2ccc(C=CC(=O)O)cc2)CCN1C. The molecule has 1 aromatic carbocycles. The molecular weight excluding hydrogens is 240 g/mol. The van der Waals surface area contributed by atoms with Gasteiger partial charge in [-0.1, -0.05) is 12.1 Å². The summed E-state index contributed by atoms with van der Waals surface area (Å²) in [5, 5.41) is 8.59. The Kier molecular flexibility index (Phi) is 4.22. The van der Waals surface area contributed by atoms with Gasteiger partial charge in [0.1, 0.15) is 0 Å². The summed E-state index contributed by atoms with van der Waals surface area (Å²) in [7, 11) is 2.15. The summed E-state index contributed by atoms with van der Waals surface area (Å²) >= 11 is 0. The zero-order valence-electron chi connectivity index (χ0n) is 11.4. The number of hydrogen-bond donors (Lipinski definition) is 1. The van der Waals surface area contributed by atoms with E-state index in [1.165, 1.54) is 5.69 Å². The molecular formula is C15H20N2O2. The molecule has 1 N–H and O–H groups in total. The third kappa shape index (κ3) is 3.58. The second-order valence-corrected chi connectivity index (χ2v) is 5.04. The van der Waals surface area contributed by atoms with Crippen molar-refractivity contribution in [1.29, 1.82) is 0 Å². The average Bonchev–Trinajstić information content (AvgIpc) is 2.40. The molecule has 1 aliphatic rings. The summed E-state index contributed by atoms with van der Waals surface area (Å²) in [5.74, 6) is -0.919. The zero-order valence-corrected chi connectivity index (χ0v) is 11.4. The maximum Gasteiger partial charge on any atom is 0.328 e. The van der Waals surface area contributed by atoms with Crippen molar-refractivity contribution >= 4 is 17.7 Å². The van der Waals surface area contributed by atoms with E-state index in [2.05, 4.69) is 35.9 Å². The number of anilines is 1. The summed E-state index contributed by atoms with van der Waals surface area (Å²) in [4.78, 5) is 15.2. The van der Waals surface area contributed by atoms with Crippen LogP contribution in [0.25, 0.3) is 6.08 Å². The topological polar surface area (TPSA) is 43.8 Å². The molecule has 0 aliphatic carbocycles. The fourth-order valence-electron chi connectivity index (χ4n) is 2.25. The van der Waals surface area contributed by atoms with Gasteiger partial charge in [0.05, 0.1) is 0 Å². The van der Waals surface area contributed by atoms with Gasteiger partial charge < -0.3 is 14.9 Å². The molecule has 19 heavy (non-hydrogen) atoms. The molecule has 1 aliphatic heterocycles. The maximum absolute atomic E-state index is 10.5.